The lowest BCUT2D eigenvalue weighted by molar-refractivity contribution is -0.140. The highest BCUT2D eigenvalue weighted by Gasteiger charge is 2.33. The molecule has 2 aliphatic rings. The molecule has 0 bridgehead atoms. The fourth-order valence-electron chi connectivity index (χ4n) is 3.57. The summed E-state index contributed by atoms with van der Waals surface area (Å²) < 4.78 is 39.6. The normalized spacial score (nSPS) is 19.9. The van der Waals surface area contributed by atoms with Gasteiger partial charge < -0.3 is 9.80 Å². The minimum Gasteiger partial charge on any atom is -0.342 e. The van der Waals surface area contributed by atoms with Gasteiger partial charge in [-0.25, -0.2) is 17.1 Å². The van der Waals surface area contributed by atoms with E-state index in [0.717, 1.165) is 6.41 Å². The topological polar surface area (TPSA) is 78.0 Å². The zero-order valence-electron chi connectivity index (χ0n) is 15.1. The van der Waals surface area contributed by atoms with Crippen LogP contribution in [0.3, 0.4) is 0 Å². The Labute approximate surface area is 158 Å². The molecule has 2 fully saturated rings. The van der Waals surface area contributed by atoms with Crippen molar-refractivity contribution < 1.29 is 22.4 Å². The molecule has 148 valence electrons. The maximum atomic E-state index is 13.0. The molecule has 0 aliphatic carbocycles. The summed E-state index contributed by atoms with van der Waals surface area (Å²) in [5, 5.41) is 0. The quantitative estimate of drug-likeness (QED) is 0.684. The number of nitrogens with zero attached hydrogens (tertiary/aromatic N) is 3. The Morgan fingerprint density at radius 1 is 1.04 bits per heavy atom. The van der Waals surface area contributed by atoms with E-state index in [9.17, 15) is 22.4 Å². The largest absolute Gasteiger partial charge is 0.342 e. The van der Waals surface area contributed by atoms with E-state index >= 15 is 0 Å². The summed E-state index contributed by atoms with van der Waals surface area (Å²) in [4.78, 5) is 26.8. The lowest BCUT2D eigenvalue weighted by atomic mass is 9.96. The first-order valence-corrected chi connectivity index (χ1v) is 10.7. The second kappa shape index (κ2) is 8.35. The second-order valence-corrected chi connectivity index (χ2v) is 8.99. The zero-order chi connectivity index (χ0) is 19.4. The molecule has 3 rings (SSSR count). The first-order chi connectivity index (χ1) is 12.9. The molecule has 27 heavy (non-hydrogen) atoms. The van der Waals surface area contributed by atoms with Crippen LogP contribution in [-0.2, 0) is 25.4 Å². The van der Waals surface area contributed by atoms with Gasteiger partial charge in [-0.05, 0) is 30.5 Å². The summed E-state index contributed by atoms with van der Waals surface area (Å²) in [5.41, 5.74) is 0.544. The third-order valence-electron chi connectivity index (χ3n) is 5.23. The maximum Gasteiger partial charge on any atom is 0.225 e. The number of benzene rings is 1. The van der Waals surface area contributed by atoms with E-state index < -0.39 is 15.8 Å². The van der Waals surface area contributed by atoms with Crippen LogP contribution in [0.5, 0.6) is 0 Å². The van der Waals surface area contributed by atoms with Crippen molar-refractivity contribution >= 4 is 22.3 Å². The van der Waals surface area contributed by atoms with Crippen molar-refractivity contribution in [3.05, 3.63) is 35.6 Å². The Balaban J connectivity index is 1.52. The van der Waals surface area contributed by atoms with Crippen molar-refractivity contribution in [3.8, 4) is 0 Å². The smallest absolute Gasteiger partial charge is 0.225 e. The molecule has 0 spiro atoms. The molecule has 2 aliphatic heterocycles. The minimum absolute atomic E-state index is 0.0520. The Hall–Kier alpha value is -2.00. The number of amides is 2. The molecule has 0 unspecified atom stereocenters. The van der Waals surface area contributed by atoms with Crippen molar-refractivity contribution in [2.75, 3.05) is 39.3 Å². The number of piperazine rings is 1. The van der Waals surface area contributed by atoms with E-state index in [0.29, 0.717) is 57.7 Å². The van der Waals surface area contributed by atoms with Crippen molar-refractivity contribution in [1.82, 2.24) is 14.1 Å². The SMILES string of the molecule is O=CN1CCN(C(=O)C2CCN(S(=O)(=O)Cc3ccc(F)cc3)CC2)CC1. The molecule has 9 heteroatoms. The predicted molar refractivity (Wildman–Crippen MR) is 97.5 cm³/mol. The number of piperidine rings is 1. The van der Waals surface area contributed by atoms with Crippen LogP contribution in [0.1, 0.15) is 18.4 Å². The monoisotopic (exact) mass is 397 g/mol. The molecule has 7 nitrogen and oxygen atoms in total. The summed E-state index contributed by atoms with van der Waals surface area (Å²) in [6.45, 7) is 2.77. The van der Waals surface area contributed by atoms with E-state index in [2.05, 4.69) is 0 Å². The van der Waals surface area contributed by atoms with Crippen LogP contribution in [0.15, 0.2) is 24.3 Å². The Morgan fingerprint density at radius 2 is 1.63 bits per heavy atom. The van der Waals surface area contributed by atoms with Gasteiger partial charge in [-0.2, -0.15) is 0 Å². The fraction of sp³-hybridized carbons (Fsp3) is 0.556. The van der Waals surface area contributed by atoms with Crippen LogP contribution in [0.2, 0.25) is 0 Å². The molecule has 0 radical (unpaired) electrons. The third kappa shape index (κ3) is 4.84. The highest BCUT2D eigenvalue weighted by atomic mass is 32.2. The predicted octanol–water partition coefficient (Wildman–Crippen LogP) is 0.668. The number of sulfonamides is 1. The molecule has 1 aromatic carbocycles. The molecule has 2 heterocycles. The highest BCUT2D eigenvalue weighted by Crippen LogP contribution is 2.24. The zero-order valence-corrected chi connectivity index (χ0v) is 15.9. The number of carbonyl (C=O) groups is 2. The first kappa shape index (κ1) is 19.8. The van der Waals surface area contributed by atoms with Crippen LogP contribution < -0.4 is 0 Å². The Bertz CT molecular complexity index is 768. The standard InChI is InChI=1S/C18H24FN3O4S/c19-17-3-1-15(2-4-17)13-27(25,26)22-7-5-16(6-8-22)18(24)21-11-9-20(14-23)10-12-21/h1-4,14,16H,5-13H2. The molecular formula is C18H24FN3O4S. The van der Waals surface area contributed by atoms with Gasteiger partial charge in [0.2, 0.25) is 22.3 Å². The summed E-state index contributed by atoms with van der Waals surface area (Å²) in [5.74, 6) is -0.690. The van der Waals surface area contributed by atoms with E-state index in [4.69, 9.17) is 0 Å². The molecule has 0 atom stereocenters. The van der Waals surface area contributed by atoms with Gasteiger partial charge in [0.05, 0.1) is 5.75 Å². The van der Waals surface area contributed by atoms with Crippen molar-refractivity contribution in [2.45, 2.75) is 18.6 Å². The van der Waals surface area contributed by atoms with E-state index in [1.807, 2.05) is 0 Å². The molecule has 2 saturated heterocycles. The van der Waals surface area contributed by atoms with Gasteiger partial charge in [0.1, 0.15) is 5.82 Å². The van der Waals surface area contributed by atoms with Crippen molar-refractivity contribution in [2.24, 2.45) is 5.92 Å². The lowest BCUT2D eigenvalue weighted by Gasteiger charge is -2.37. The van der Waals surface area contributed by atoms with Crippen LogP contribution in [0, 0.1) is 11.7 Å². The number of halogens is 1. The van der Waals surface area contributed by atoms with Gasteiger partial charge in [-0.3, -0.25) is 9.59 Å². The summed E-state index contributed by atoms with van der Waals surface area (Å²) in [7, 11) is -3.49. The van der Waals surface area contributed by atoms with Crippen LogP contribution in [0.4, 0.5) is 4.39 Å². The average Bonchev–Trinajstić information content (AvgIpc) is 2.69. The fourth-order valence-corrected chi connectivity index (χ4v) is 5.13. The number of rotatable bonds is 5. The van der Waals surface area contributed by atoms with Gasteiger partial charge in [-0.15, -0.1) is 0 Å². The Kier molecular flexibility index (Phi) is 6.11. The maximum absolute atomic E-state index is 13.0. The molecule has 0 saturated carbocycles. The van der Waals surface area contributed by atoms with Crippen LogP contribution in [-0.4, -0.2) is 74.1 Å². The summed E-state index contributed by atoms with van der Waals surface area (Å²) in [6.07, 6.45) is 1.79. The van der Waals surface area contributed by atoms with Gasteiger partial charge in [0, 0.05) is 45.2 Å². The van der Waals surface area contributed by atoms with Gasteiger partial charge in [-0.1, -0.05) is 12.1 Å². The van der Waals surface area contributed by atoms with Crippen molar-refractivity contribution in [3.63, 3.8) is 0 Å². The second-order valence-electron chi connectivity index (χ2n) is 7.02. The van der Waals surface area contributed by atoms with Crippen molar-refractivity contribution in [1.29, 1.82) is 0 Å². The molecule has 2 amide bonds. The molecule has 0 aromatic heterocycles. The highest BCUT2D eigenvalue weighted by molar-refractivity contribution is 7.88. The van der Waals surface area contributed by atoms with Crippen LogP contribution >= 0.6 is 0 Å². The third-order valence-corrected chi connectivity index (χ3v) is 7.08. The van der Waals surface area contributed by atoms with E-state index in [1.54, 1.807) is 9.80 Å². The summed E-state index contributed by atoms with van der Waals surface area (Å²) >= 11 is 0. The van der Waals surface area contributed by atoms with E-state index in [1.165, 1.54) is 28.6 Å². The van der Waals surface area contributed by atoms with Gasteiger partial charge >= 0.3 is 0 Å². The van der Waals surface area contributed by atoms with Gasteiger partial charge in [0.25, 0.3) is 0 Å². The average molecular weight is 397 g/mol. The number of carbonyl (C=O) groups excluding carboxylic acids is 2. The molecule has 1 aromatic rings. The van der Waals surface area contributed by atoms with E-state index in [-0.39, 0.29) is 17.6 Å². The van der Waals surface area contributed by atoms with Crippen LogP contribution in [0.25, 0.3) is 0 Å². The number of hydrogen-bond acceptors (Lipinski definition) is 4. The number of hydrogen-bond donors (Lipinski definition) is 0. The molecule has 0 N–H and O–H groups in total. The summed E-state index contributed by atoms with van der Waals surface area (Å²) in [6, 6.07) is 5.45. The Morgan fingerprint density at radius 3 is 2.19 bits per heavy atom. The minimum atomic E-state index is -3.49. The van der Waals surface area contributed by atoms with Gasteiger partial charge in [0.15, 0.2) is 0 Å². The molecular weight excluding hydrogens is 373 g/mol. The lowest BCUT2D eigenvalue weighted by Crippen LogP contribution is -2.51. The first-order valence-electron chi connectivity index (χ1n) is 9.09.